The topological polar surface area (TPSA) is 95.1 Å². The number of nitrogens with one attached hydrogen (secondary N) is 2. The van der Waals surface area contributed by atoms with E-state index in [1.54, 1.807) is 24.7 Å². The number of rotatable bonds is 5. The first-order chi connectivity index (χ1) is 8.54. The molecule has 3 N–H and O–H groups in total. The summed E-state index contributed by atoms with van der Waals surface area (Å²) in [5, 5.41) is 17.1. The van der Waals surface area contributed by atoms with Crippen molar-refractivity contribution in [1.29, 1.82) is 0 Å². The van der Waals surface area contributed by atoms with Gasteiger partial charge < -0.3 is 5.11 Å². The van der Waals surface area contributed by atoms with Gasteiger partial charge in [-0.15, -0.1) is 11.3 Å². The summed E-state index contributed by atoms with van der Waals surface area (Å²) >= 11 is 1.21. The fraction of sp³-hybridized carbons (Fsp3) is 0.300. The van der Waals surface area contributed by atoms with Crippen LogP contribution >= 0.6 is 11.3 Å². The molecule has 0 bridgehead atoms. The Labute approximate surface area is 109 Å². The molecule has 98 valence electrons. The minimum Gasteiger partial charge on any atom is -0.391 e. The molecule has 0 spiro atoms. The molecular formula is C10H13N3O3S2. The van der Waals surface area contributed by atoms with E-state index >= 15 is 0 Å². The second kappa shape index (κ2) is 5.19. The molecule has 1 unspecified atom stereocenters. The van der Waals surface area contributed by atoms with Crippen molar-refractivity contribution < 1.29 is 13.5 Å². The molecule has 0 aromatic carbocycles. The average Bonchev–Trinajstić information content (AvgIpc) is 2.99. The number of thiophene rings is 1. The van der Waals surface area contributed by atoms with Crippen molar-refractivity contribution in [3.8, 4) is 0 Å². The highest BCUT2D eigenvalue weighted by Gasteiger charge is 2.22. The quantitative estimate of drug-likeness (QED) is 0.764. The zero-order chi connectivity index (χ0) is 13.2. The van der Waals surface area contributed by atoms with E-state index in [0.29, 0.717) is 4.88 Å². The van der Waals surface area contributed by atoms with E-state index in [9.17, 15) is 8.42 Å². The molecule has 0 saturated heterocycles. The maximum Gasteiger partial charge on any atom is 0.242 e. The van der Waals surface area contributed by atoms with Crippen LogP contribution in [0.25, 0.3) is 0 Å². The van der Waals surface area contributed by atoms with Crippen LogP contribution in [0.3, 0.4) is 0 Å². The number of H-pyrrole nitrogens is 1. The van der Waals surface area contributed by atoms with Gasteiger partial charge in [0.15, 0.2) is 0 Å². The summed E-state index contributed by atoms with van der Waals surface area (Å²) in [6, 6.07) is 1.10. The van der Waals surface area contributed by atoms with Crippen LogP contribution in [0.4, 0.5) is 0 Å². The molecule has 0 saturated carbocycles. The van der Waals surface area contributed by atoms with Crippen LogP contribution in [0.5, 0.6) is 0 Å². The van der Waals surface area contributed by atoms with Crippen LogP contribution in [0.15, 0.2) is 28.7 Å². The summed E-state index contributed by atoms with van der Waals surface area (Å²) < 4.78 is 26.8. The molecule has 0 aliphatic rings. The van der Waals surface area contributed by atoms with Gasteiger partial charge in [0.1, 0.15) is 0 Å². The third-order valence-corrected chi connectivity index (χ3v) is 5.15. The number of sulfonamides is 1. The van der Waals surface area contributed by atoms with Crippen LogP contribution < -0.4 is 4.72 Å². The van der Waals surface area contributed by atoms with Crippen LogP contribution in [-0.2, 0) is 16.6 Å². The Morgan fingerprint density at radius 3 is 3.00 bits per heavy atom. The van der Waals surface area contributed by atoms with Gasteiger partial charge in [-0.05, 0) is 18.4 Å². The van der Waals surface area contributed by atoms with Crippen LogP contribution in [0.2, 0.25) is 0 Å². The third kappa shape index (κ3) is 2.61. The lowest BCUT2D eigenvalue weighted by Gasteiger charge is -2.12. The molecule has 2 aromatic heterocycles. The number of aliphatic hydroxyl groups is 1. The predicted molar refractivity (Wildman–Crippen MR) is 67.6 cm³/mol. The van der Waals surface area contributed by atoms with E-state index in [1.807, 2.05) is 0 Å². The largest absolute Gasteiger partial charge is 0.391 e. The van der Waals surface area contributed by atoms with Crippen molar-refractivity contribution in [2.75, 3.05) is 0 Å². The monoisotopic (exact) mass is 287 g/mol. The zero-order valence-corrected chi connectivity index (χ0v) is 11.3. The van der Waals surface area contributed by atoms with Gasteiger partial charge in [-0.2, -0.15) is 5.10 Å². The lowest BCUT2D eigenvalue weighted by atomic mass is 10.2. The smallest absolute Gasteiger partial charge is 0.242 e. The van der Waals surface area contributed by atoms with Crippen LogP contribution in [-0.4, -0.2) is 23.7 Å². The van der Waals surface area contributed by atoms with E-state index in [-0.39, 0.29) is 17.5 Å². The van der Waals surface area contributed by atoms with Gasteiger partial charge in [-0.1, -0.05) is 0 Å². The second-order valence-corrected chi connectivity index (χ2v) is 6.42. The first kappa shape index (κ1) is 13.2. The van der Waals surface area contributed by atoms with Crippen molar-refractivity contribution in [3.05, 3.63) is 34.3 Å². The Morgan fingerprint density at radius 1 is 1.61 bits per heavy atom. The molecule has 0 radical (unpaired) electrons. The lowest BCUT2D eigenvalue weighted by Crippen LogP contribution is -2.27. The number of hydrogen-bond donors (Lipinski definition) is 3. The molecule has 2 rings (SSSR count). The zero-order valence-electron chi connectivity index (χ0n) is 9.62. The van der Waals surface area contributed by atoms with Gasteiger partial charge in [0.05, 0.1) is 17.7 Å². The summed E-state index contributed by atoms with van der Waals surface area (Å²) in [6.07, 6.45) is 3.20. The number of aromatic nitrogens is 2. The standard InChI is InChI=1S/C10H13N3O3S2/c1-7(8-4-11-12-5-8)13-18(15,16)10-2-3-17-9(10)6-14/h2-5,7,13-14H,6H2,1H3,(H,11,12). The molecule has 18 heavy (non-hydrogen) atoms. The number of hydrogen-bond acceptors (Lipinski definition) is 5. The highest BCUT2D eigenvalue weighted by atomic mass is 32.2. The van der Waals surface area contributed by atoms with Gasteiger partial charge in [0, 0.05) is 22.7 Å². The number of aromatic amines is 1. The summed E-state index contributed by atoms with van der Waals surface area (Å²) in [6.45, 7) is 1.45. The summed E-state index contributed by atoms with van der Waals surface area (Å²) in [7, 11) is -3.63. The van der Waals surface area contributed by atoms with Gasteiger partial charge in [0.25, 0.3) is 0 Å². The fourth-order valence-electron chi connectivity index (χ4n) is 1.55. The Kier molecular flexibility index (Phi) is 3.81. The maximum absolute atomic E-state index is 12.1. The predicted octanol–water partition coefficient (Wildman–Crippen LogP) is 1.00. The van der Waals surface area contributed by atoms with Crippen molar-refractivity contribution in [3.63, 3.8) is 0 Å². The van der Waals surface area contributed by atoms with Crippen LogP contribution in [0, 0.1) is 0 Å². The fourth-order valence-corrected chi connectivity index (χ4v) is 4.07. The SMILES string of the molecule is CC(NS(=O)(=O)c1ccsc1CO)c1cn[nH]c1. The lowest BCUT2D eigenvalue weighted by molar-refractivity contribution is 0.282. The van der Waals surface area contributed by atoms with Crippen molar-refractivity contribution in [2.45, 2.75) is 24.5 Å². The van der Waals surface area contributed by atoms with Crippen molar-refractivity contribution in [1.82, 2.24) is 14.9 Å². The third-order valence-electron chi connectivity index (χ3n) is 2.49. The normalized spacial score (nSPS) is 13.7. The molecule has 0 amide bonds. The van der Waals surface area contributed by atoms with Gasteiger partial charge >= 0.3 is 0 Å². The van der Waals surface area contributed by atoms with Crippen molar-refractivity contribution >= 4 is 21.4 Å². The first-order valence-corrected chi connectivity index (χ1v) is 7.59. The molecule has 2 aromatic rings. The molecule has 6 nitrogen and oxygen atoms in total. The molecule has 8 heteroatoms. The Hall–Kier alpha value is -1.22. The van der Waals surface area contributed by atoms with E-state index in [0.717, 1.165) is 5.56 Å². The van der Waals surface area contributed by atoms with Crippen LogP contribution in [0.1, 0.15) is 23.4 Å². The molecule has 0 fully saturated rings. The average molecular weight is 287 g/mol. The molecule has 0 aliphatic carbocycles. The Morgan fingerprint density at radius 2 is 2.39 bits per heavy atom. The summed E-state index contributed by atoms with van der Waals surface area (Å²) in [4.78, 5) is 0.562. The minimum absolute atomic E-state index is 0.130. The van der Waals surface area contributed by atoms with E-state index in [4.69, 9.17) is 5.11 Å². The number of nitrogens with zero attached hydrogens (tertiary/aromatic N) is 1. The Balaban J connectivity index is 2.23. The van der Waals surface area contributed by atoms with E-state index < -0.39 is 10.0 Å². The highest BCUT2D eigenvalue weighted by Crippen LogP contribution is 2.23. The van der Waals surface area contributed by atoms with Gasteiger partial charge in [0.2, 0.25) is 10.0 Å². The van der Waals surface area contributed by atoms with Gasteiger partial charge in [-0.3, -0.25) is 5.10 Å². The summed E-state index contributed by atoms with van der Waals surface area (Å²) in [5.74, 6) is 0. The first-order valence-electron chi connectivity index (χ1n) is 5.23. The highest BCUT2D eigenvalue weighted by molar-refractivity contribution is 7.89. The summed E-state index contributed by atoms with van der Waals surface area (Å²) in [5.41, 5.74) is 0.749. The molecule has 0 aliphatic heterocycles. The van der Waals surface area contributed by atoms with Crippen molar-refractivity contribution in [2.24, 2.45) is 0 Å². The minimum atomic E-state index is -3.63. The van der Waals surface area contributed by atoms with Gasteiger partial charge in [-0.25, -0.2) is 13.1 Å². The van der Waals surface area contributed by atoms with E-state index in [1.165, 1.54) is 17.4 Å². The Bertz CT molecular complexity index is 604. The molecule has 1 atom stereocenters. The second-order valence-electron chi connectivity index (χ2n) is 3.74. The maximum atomic E-state index is 12.1. The number of aliphatic hydroxyl groups excluding tert-OH is 1. The molecular weight excluding hydrogens is 274 g/mol. The molecule has 2 heterocycles. The van der Waals surface area contributed by atoms with E-state index in [2.05, 4.69) is 14.9 Å².